The number of nitrogens with two attached hydrogens (primary N) is 1. The second-order valence-corrected chi connectivity index (χ2v) is 10.4. The average Bonchev–Trinajstić information content (AvgIpc) is 3.03. The molecule has 0 saturated heterocycles. The van der Waals surface area contributed by atoms with Crippen molar-refractivity contribution >= 4 is 67.4 Å². The molecule has 7 rings (SSSR count). The Labute approximate surface area is 240 Å². The molecular weight excluding hydrogens is 496 g/mol. The maximum Gasteiger partial charge on any atom is 0.205 e. The van der Waals surface area contributed by atoms with Gasteiger partial charge in [-0.2, -0.15) is 4.57 Å². The zero-order valence-electron chi connectivity index (χ0n) is 22.9. The molecule has 0 aliphatic heterocycles. The van der Waals surface area contributed by atoms with Gasteiger partial charge in [0.15, 0.2) is 6.54 Å². The van der Waals surface area contributed by atoms with Gasteiger partial charge in [-0.1, -0.05) is 97.1 Å². The number of benzene rings is 6. The van der Waals surface area contributed by atoms with Crippen molar-refractivity contribution in [3.8, 4) is 0 Å². The number of hydrogen-bond donors (Lipinski definition) is 1. The number of nitrogens with zero attached hydrogens (tertiary/aromatic N) is 1. The highest BCUT2D eigenvalue weighted by atomic mass is 15.0. The Bertz CT molecular complexity index is 1970. The fourth-order valence-electron chi connectivity index (χ4n) is 6.05. The van der Waals surface area contributed by atoms with Crippen molar-refractivity contribution in [3.05, 3.63) is 150 Å². The van der Waals surface area contributed by atoms with Crippen LogP contribution in [0.3, 0.4) is 0 Å². The summed E-state index contributed by atoms with van der Waals surface area (Å²) in [5.74, 6) is 0. The first-order valence-electron chi connectivity index (χ1n) is 14.2. The van der Waals surface area contributed by atoms with Crippen LogP contribution in [0.15, 0.2) is 127 Å². The molecular formula is C39H31N2+. The maximum absolute atomic E-state index is 6.12. The van der Waals surface area contributed by atoms with Gasteiger partial charge in [0.2, 0.25) is 11.4 Å². The summed E-state index contributed by atoms with van der Waals surface area (Å²) in [7, 11) is 0. The van der Waals surface area contributed by atoms with E-state index in [1.54, 1.807) is 0 Å². The van der Waals surface area contributed by atoms with Crippen LogP contribution in [0.4, 0.5) is 0 Å². The number of aromatic nitrogens is 1. The first-order valence-corrected chi connectivity index (χ1v) is 14.2. The summed E-state index contributed by atoms with van der Waals surface area (Å²) in [4.78, 5) is 0. The van der Waals surface area contributed by atoms with Crippen molar-refractivity contribution in [1.29, 1.82) is 0 Å². The molecule has 2 N–H and O–H groups in total. The highest BCUT2D eigenvalue weighted by Gasteiger charge is 2.13. The Balaban J connectivity index is 1.31. The van der Waals surface area contributed by atoms with Gasteiger partial charge in [0.1, 0.15) is 0 Å². The molecule has 0 radical (unpaired) electrons. The summed E-state index contributed by atoms with van der Waals surface area (Å²) < 4.78 is 2.31. The van der Waals surface area contributed by atoms with E-state index in [4.69, 9.17) is 5.73 Å². The van der Waals surface area contributed by atoms with Gasteiger partial charge in [-0.25, -0.2) is 0 Å². The molecule has 2 nitrogen and oxygen atoms in total. The minimum Gasteiger partial charge on any atom is -0.325 e. The second-order valence-electron chi connectivity index (χ2n) is 10.4. The SMILES string of the molecule is NCC[n+]1c(/C=C/c2cc3ccccc3c3ccccc23)cccc1/C=C/c1cc2ccccc2c2ccccc12. The van der Waals surface area contributed by atoms with E-state index in [1.165, 1.54) is 54.2 Å². The lowest BCUT2D eigenvalue weighted by molar-refractivity contribution is -0.697. The van der Waals surface area contributed by atoms with Crippen LogP contribution in [0, 0.1) is 0 Å². The van der Waals surface area contributed by atoms with Gasteiger partial charge in [-0.15, -0.1) is 0 Å². The maximum atomic E-state index is 6.12. The predicted octanol–water partition coefficient (Wildman–Crippen LogP) is 8.89. The third-order valence-corrected chi connectivity index (χ3v) is 7.98. The number of rotatable bonds is 6. The van der Waals surface area contributed by atoms with Gasteiger partial charge in [-0.05, 0) is 84.6 Å². The molecule has 0 aliphatic carbocycles. The van der Waals surface area contributed by atoms with Gasteiger partial charge in [0.05, 0.1) is 6.54 Å². The molecule has 0 bridgehead atoms. The summed E-state index contributed by atoms with van der Waals surface area (Å²) in [6, 6.07) is 45.6. The highest BCUT2D eigenvalue weighted by Crippen LogP contribution is 2.31. The Kier molecular flexibility index (Phi) is 6.60. The zero-order chi connectivity index (χ0) is 27.6. The molecule has 41 heavy (non-hydrogen) atoms. The smallest absolute Gasteiger partial charge is 0.205 e. The molecule has 6 aromatic carbocycles. The molecule has 0 saturated carbocycles. The molecule has 0 fully saturated rings. The van der Waals surface area contributed by atoms with E-state index < -0.39 is 0 Å². The first kappa shape index (κ1) is 25.0. The van der Waals surface area contributed by atoms with Crippen LogP contribution in [0.1, 0.15) is 22.5 Å². The van der Waals surface area contributed by atoms with Crippen LogP contribution >= 0.6 is 0 Å². The summed E-state index contributed by atoms with van der Waals surface area (Å²) in [6.45, 7) is 1.30. The lowest BCUT2D eigenvalue weighted by Gasteiger charge is -2.09. The van der Waals surface area contributed by atoms with Gasteiger partial charge >= 0.3 is 0 Å². The molecule has 196 valence electrons. The summed E-state index contributed by atoms with van der Waals surface area (Å²) >= 11 is 0. The van der Waals surface area contributed by atoms with Crippen molar-refractivity contribution in [2.75, 3.05) is 6.54 Å². The molecule has 2 heteroatoms. The zero-order valence-corrected chi connectivity index (χ0v) is 22.9. The molecule has 0 atom stereocenters. The van der Waals surface area contributed by atoms with Crippen LogP contribution in [-0.4, -0.2) is 6.54 Å². The van der Waals surface area contributed by atoms with Crippen molar-refractivity contribution < 1.29 is 4.57 Å². The lowest BCUT2D eigenvalue weighted by atomic mass is 9.97. The Hall–Kier alpha value is -5.05. The first-order chi connectivity index (χ1) is 20.3. The Morgan fingerprint density at radius 3 is 1.32 bits per heavy atom. The van der Waals surface area contributed by atoms with Crippen molar-refractivity contribution in [3.63, 3.8) is 0 Å². The van der Waals surface area contributed by atoms with E-state index in [0.29, 0.717) is 6.54 Å². The van der Waals surface area contributed by atoms with Gasteiger partial charge in [0.25, 0.3) is 0 Å². The van der Waals surface area contributed by atoms with E-state index >= 15 is 0 Å². The standard InChI is InChI=1S/C39H31N2/c40-24-25-41-32(22-20-30-26-28-10-1-3-14-34(28)38-18-7-5-16-36(30)38)12-9-13-33(41)23-21-31-27-29-11-2-4-15-35(29)39-19-8-6-17-37(31)39/h1-23,26-27H,24-25,40H2/q+1/b22-20+,23-21+. The molecule has 0 spiro atoms. The van der Waals surface area contributed by atoms with Crippen LogP contribution in [0.5, 0.6) is 0 Å². The van der Waals surface area contributed by atoms with E-state index in [2.05, 4.69) is 156 Å². The summed E-state index contributed by atoms with van der Waals surface area (Å²) in [5, 5.41) is 10.1. The van der Waals surface area contributed by atoms with Crippen LogP contribution < -0.4 is 10.3 Å². The average molecular weight is 528 g/mol. The van der Waals surface area contributed by atoms with Crippen LogP contribution in [-0.2, 0) is 6.54 Å². The van der Waals surface area contributed by atoms with Crippen molar-refractivity contribution in [2.45, 2.75) is 6.54 Å². The fraction of sp³-hybridized carbons (Fsp3) is 0.0513. The van der Waals surface area contributed by atoms with Gasteiger partial charge in [-0.3, -0.25) is 0 Å². The van der Waals surface area contributed by atoms with Crippen LogP contribution in [0.2, 0.25) is 0 Å². The molecule has 1 aromatic heterocycles. The van der Waals surface area contributed by atoms with Crippen molar-refractivity contribution in [1.82, 2.24) is 0 Å². The fourth-order valence-corrected chi connectivity index (χ4v) is 6.05. The van der Waals surface area contributed by atoms with Crippen LogP contribution in [0.25, 0.3) is 67.4 Å². The topological polar surface area (TPSA) is 29.9 Å². The molecule has 1 heterocycles. The second kappa shape index (κ2) is 10.8. The third-order valence-electron chi connectivity index (χ3n) is 7.98. The Morgan fingerprint density at radius 1 is 0.439 bits per heavy atom. The minimum absolute atomic E-state index is 0.564. The number of hydrogen-bond acceptors (Lipinski definition) is 1. The monoisotopic (exact) mass is 527 g/mol. The Morgan fingerprint density at radius 2 is 0.854 bits per heavy atom. The molecule has 0 amide bonds. The van der Waals surface area contributed by atoms with E-state index in [-0.39, 0.29) is 0 Å². The third kappa shape index (κ3) is 4.69. The quantitative estimate of drug-likeness (QED) is 0.170. The van der Waals surface area contributed by atoms with E-state index in [1.807, 2.05) is 0 Å². The highest BCUT2D eigenvalue weighted by molar-refractivity contribution is 6.12. The van der Waals surface area contributed by atoms with Crippen molar-refractivity contribution in [2.24, 2.45) is 5.73 Å². The summed E-state index contributed by atoms with van der Waals surface area (Å²) in [5.41, 5.74) is 10.8. The lowest BCUT2D eigenvalue weighted by Crippen LogP contribution is -2.43. The summed E-state index contributed by atoms with van der Waals surface area (Å²) in [6.07, 6.45) is 8.91. The minimum atomic E-state index is 0.564. The number of pyridine rings is 1. The number of fused-ring (bicyclic) bond motifs is 6. The molecule has 0 unspecified atom stereocenters. The van der Waals surface area contributed by atoms with Gasteiger partial charge < -0.3 is 5.73 Å². The normalized spacial score (nSPS) is 12.0. The van der Waals surface area contributed by atoms with E-state index in [9.17, 15) is 0 Å². The largest absolute Gasteiger partial charge is 0.325 e. The van der Waals surface area contributed by atoms with Gasteiger partial charge in [0, 0.05) is 24.3 Å². The predicted molar refractivity (Wildman–Crippen MR) is 176 cm³/mol. The van der Waals surface area contributed by atoms with E-state index in [0.717, 1.165) is 17.9 Å². The molecule has 0 aliphatic rings. The molecule has 7 aromatic rings.